The van der Waals surface area contributed by atoms with Crippen molar-refractivity contribution in [1.82, 2.24) is 24.6 Å². The summed E-state index contributed by atoms with van der Waals surface area (Å²) in [5.41, 5.74) is 4.59. The van der Waals surface area contributed by atoms with Crippen LogP contribution in [0.2, 0.25) is 0 Å². The molecule has 0 atom stereocenters. The van der Waals surface area contributed by atoms with Crippen LogP contribution in [0.1, 0.15) is 54.4 Å². The molecule has 33 heavy (non-hydrogen) atoms. The summed E-state index contributed by atoms with van der Waals surface area (Å²) < 4.78 is 14.8. The van der Waals surface area contributed by atoms with Crippen molar-refractivity contribution in [2.45, 2.75) is 45.7 Å². The first-order chi connectivity index (χ1) is 16.0. The van der Waals surface area contributed by atoms with Crippen LogP contribution in [-0.4, -0.2) is 43.8 Å². The highest BCUT2D eigenvalue weighted by Gasteiger charge is 2.30. The number of carbonyl (C=O) groups excluding carboxylic acids is 1. The van der Waals surface area contributed by atoms with Gasteiger partial charge in [-0.25, -0.2) is 9.37 Å². The minimum absolute atomic E-state index is 0.0516. The number of fused-ring (bicyclic) bond motifs is 1. The van der Waals surface area contributed by atoms with Crippen LogP contribution in [0.4, 0.5) is 4.39 Å². The van der Waals surface area contributed by atoms with E-state index in [0.717, 1.165) is 17.7 Å². The smallest absolute Gasteiger partial charge is 0.256 e. The predicted molar refractivity (Wildman–Crippen MR) is 121 cm³/mol. The summed E-state index contributed by atoms with van der Waals surface area (Å²) >= 11 is 0. The number of alkyl halides is 1. The number of hydrogen-bond donors (Lipinski definition) is 0. The first kappa shape index (κ1) is 21.3. The fraction of sp³-hybridized carbons (Fsp3) is 0.400. The van der Waals surface area contributed by atoms with Gasteiger partial charge < -0.3 is 4.90 Å². The van der Waals surface area contributed by atoms with Crippen LogP contribution in [-0.2, 0) is 13.1 Å². The lowest BCUT2D eigenvalue weighted by atomic mass is 9.89. The van der Waals surface area contributed by atoms with E-state index in [1.165, 1.54) is 30.6 Å². The van der Waals surface area contributed by atoms with Crippen molar-refractivity contribution in [3.63, 3.8) is 0 Å². The highest BCUT2D eigenvalue weighted by molar-refractivity contribution is 5.99. The van der Waals surface area contributed by atoms with Gasteiger partial charge in [-0.3, -0.25) is 14.5 Å². The fourth-order valence-corrected chi connectivity index (χ4v) is 4.98. The van der Waals surface area contributed by atoms with E-state index >= 15 is 0 Å². The van der Waals surface area contributed by atoms with Crippen molar-refractivity contribution < 1.29 is 9.18 Å². The molecule has 4 heterocycles. The number of halogens is 1. The molecule has 1 amide bonds. The van der Waals surface area contributed by atoms with E-state index in [4.69, 9.17) is 0 Å². The van der Waals surface area contributed by atoms with E-state index < -0.39 is 6.67 Å². The van der Waals surface area contributed by atoms with Gasteiger partial charge in [-0.1, -0.05) is 19.8 Å². The second-order valence-corrected chi connectivity index (χ2v) is 9.28. The van der Waals surface area contributed by atoms with Gasteiger partial charge in [0, 0.05) is 42.2 Å². The number of nitrogens with zero attached hydrogens (tertiary/aromatic N) is 6. The maximum atomic E-state index is 12.8. The molecule has 168 valence electrons. The molecule has 3 aromatic heterocycles. The number of hydrogen-bond acceptors (Lipinski definition) is 5. The molecular formula is C25H25FN6O. The standard InChI is InChI=1S/C25H25FN6O/c1-25(6-2-3-7-25)16-32-14-18(13-29-32)20-5-4-19(11-27)30-23(20)17-10-21-22(28-12-17)15-31(9-8-26)24(21)33/h4-5,10,12-14H,2-3,6-9,15-16H2,1H3. The van der Waals surface area contributed by atoms with Crippen LogP contribution in [0.25, 0.3) is 22.4 Å². The third kappa shape index (κ3) is 3.99. The van der Waals surface area contributed by atoms with Crippen LogP contribution >= 0.6 is 0 Å². The first-order valence-corrected chi connectivity index (χ1v) is 11.3. The minimum Gasteiger partial charge on any atom is -0.330 e. The zero-order chi connectivity index (χ0) is 23.0. The summed E-state index contributed by atoms with van der Waals surface area (Å²) in [5, 5.41) is 14.0. The quantitative estimate of drug-likeness (QED) is 0.563. The predicted octanol–water partition coefficient (Wildman–Crippen LogP) is 4.38. The zero-order valence-electron chi connectivity index (χ0n) is 18.6. The molecule has 3 aromatic rings. The van der Waals surface area contributed by atoms with E-state index in [1.807, 2.05) is 23.1 Å². The maximum Gasteiger partial charge on any atom is 0.256 e. The van der Waals surface area contributed by atoms with Crippen molar-refractivity contribution in [3.8, 4) is 28.5 Å². The highest BCUT2D eigenvalue weighted by Crippen LogP contribution is 2.39. The molecule has 0 spiro atoms. The molecule has 1 saturated carbocycles. The summed E-state index contributed by atoms with van der Waals surface area (Å²) in [6, 6.07) is 7.39. The van der Waals surface area contributed by atoms with E-state index in [9.17, 15) is 14.4 Å². The number of amides is 1. The van der Waals surface area contributed by atoms with Gasteiger partial charge in [-0.15, -0.1) is 0 Å². The van der Waals surface area contributed by atoms with Crippen LogP contribution in [0.15, 0.2) is 36.8 Å². The van der Waals surface area contributed by atoms with Gasteiger partial charge in [0.25, 0.3) is 5.91 Å². The molecule has 5 rings (SSSR count). The van der Waals surface area contributed by atoms with E-state index in [1.54, 1.807) is 18.3 Å². The van der Waals surface area contributed by atoms with E-state index in [0.29, 0.717) is 29.1 Å². The SMILES string of the molecule is CC1(Cn2cc(-c3ccc(C#N)nc3-c3cnc4c(c3)C(=O)N(CCF)C4)cn2)CCCC1. The fourth-order valence-electron chi connectivity index (χ4n) is 4.98. The van der Waals surface area contributed by atoms with Crippen LogP contribution in [0, 0.1) is 16.7 Å². The Morgan fingerprint density at radius 1 is 1.18 bits per heavy atom. The van der Waals surface area contributed by atoms with E-state index in [-0.39, 0.29) is 23.6 Å². The molecule has 0 saturated heterocycles. The van der Waals surface area contributed by atoms with E-state index in [2.05, 4.69) is 28.1 Å². The molecule has 1 aliphatic carbocycles. The van der Waals surface area contributed by atoms with Crippen molar-refractivity contribution in [3.05, 3.63) is 53.7 Å². The lowest BCUT2D eigenvalue weighted by Gasteiger charge is -2.22. The highest BCUT2D eigenvalue weighted by atomic mass is 19.1. The number of rotatable bonds is 6. The second-order valence-electron chi connectivity index (χ2n) is 9.28. The summed E-state index contributed by atoms with van der Waals surface area (Å²) in [5.74, 6) is -0.229. The summed E-state index contributed by atoms with van der Waals surface area (Å²) in [4.78, 5) is 23.1. The Bertz CT molecular complexity index is 1250. The molecular weight excluding hydrogens is 419 g/mol. The Labute approximate surface area is 191 Å². The van der Waals surface area contributed by atoms with Gasteiger partial charge in [-0.05, 0) is 36.5 Å². The average molecular weight is 445 g/mol. The van der Waals surface area contributed by atoms with Crippen molar-refractivity contribution in [1.29, 1.82) is 5.26 Å². The zero-order valence-corrected chi connectivity index (χ0v) is 18.6. The number of carbonyl (C=O) groups is 1. The Balaban J connectivity index is 1.51. The van der Waals surface area contributed by atoms with Gasteiger partial charge >= 0.3 is 0 Å². The molecule has 0 radical (unpaired) electrons. The average Bonchev–Trinajstić information content (AvgIpc) is 3.54. The van der Waals surface area contributed by atoms with Gasteiger partial charge in [-0.2, -0.15) is 10.4 Å². The van der Waals surface area contributed by atoms with Crippen molar-refractivity contribution >= 4 is 5.91 Å². The van der Waals surface area contributed by atoms with Crippen LogP contribution in [0.3, 0.4) is 0 Å². The lowest BCUT2D eigenvalue weighted by Crippen LogP contribution is -2.26. The molecule has 0 bridgehead atoms. The van der Waals surface area contributed by atoms with Gasteiger partial charge in [0.05, 0.1) is 29.7 Å². The third-order valence-electron chi connectivity index (χ3n) is 6.76. The topological polar surface area (TPSA) is 87.7 Å². The van der Waals surface area contributed by atoms with Crippen molar-refractivity contribution in [2.24, 2.45) is 5.41 Å². The normalized spacial score (nSPS) is 16.8. The molecule has 1 fully saturated rings. The monoisotopic (exact) mass is 444 g/mol. The summed E-state index contributed by atoms with van der Waals surface area (Å²) in [7, 11) is 0. The van der Waals surface area contributed by atoms with Crippen LogP contribution in [0.5, 0.6) is 0 Å². The molecule has 0 N–H and O–H groups in total. The van der Waals surface area contributed by atoms with Gasteiger partial charge in [0.15, 0.2) is 0 Å². The number of pyridine rings is 2. The maximum absolute atomic E-state index is 12.8. The Morgan fingerprint density at radius 3 is 2.76 bits per heavy atom. The summed E-state index contributed by atoms with van der Waals surface area (Å²) in [6.45, 7) is 2.95. The lowest BCUT2D eigenvalue weighted by molar-refractivity contribution is 0.0767. The third-order valence-corrected chi connectivity index (χ3v) is 6.76. The number of nitriles is 1. The Hall–Kier alpha value is -3.60. The minimum atomic E-state index is -0.592. The molecule has 0 aromatic carbocycles. The molecule has 7 nitrogen and oxygen atoms in total. The Morgan fingerprint density at radius 2 is 2.00 bits per heavy atom. The second kappa shape index (κ2) is 8.39. The largest absolute Gasteiger partial charge is 0.330 e. The molecule has 8 heteroatoms. The number of aromatic nitrogens is 4. The summed E-state index contributed by atoms with van der Waals surface area (Å²) in [6.07, 6.45) is 10.5. The van der Waals surface area contributed by atoms with Gasteiger partial charge in [0.1, 0.15) is 18.4 Å². The Kier molecular flexibility index (Phi) is 5.41. The van der Waals surface area contributed by atoms with Gasteiger partial charge in [0.2, 0.25) is 0 Å². The molecule has 1 aliphatic heterocycles. The molecule has 2 aliphatic rings. The first-order valence-electron chi connectivity index (χ1n) is 11.3. The molecule has 0 unspecified atom stereocenters. The van der Waals surface area contributed by atoms with Crippen LogP contribution < -0.4 is 0 Å². The van der Waals surface area contributed by atoms with Crippen molar-refractivity contribution in [2.75, 3.05) is 13.2 Å².